The van der Waals surface area contributed by atoms with Crippen molar-refractivity contribution in [1.29, 1.82) is 0 Å². The normalized spacial score (nSPS) is 24.5. The number of carbonyl (C=O) groups excluding carboxylic acids is 1. The summed E-state index contributed by atoms with van der Waals surface area (Å²) >= 11 is 0. The minimum atomic E-state index is -3.85. The van der Waals surface area contributed by atoms with Gasteiger partial charge in [0.1, 0.15) is 10.6 Å². The number of fused-ring (bicyclic) bond motifs is 2. The Morgan fingerprint density at radius 1 is 1.32 bits per heavy atom. The van der Waals surface area contributed by atoms with E-state index in [2.05, 4.69) is 15.2 Å². The molecule has 0 aliphatic carbocycles. The van der Waals surface area contributed by atoms with E-state index in [1.54, 1.807) is 20.8 Å². The molecule has 3 rings (SSSR count). The van der Waals surface area contributed by atoms with Crippen LogP contribution in [-0.4, -0.2) is 55.6 Å². The van der Waals surface area contributed by atoms with Crippen LogP contribution in [0.4, 0.5) is 0 Å². The lowest BCUT2D eigenvalue weighted by molar-refractivity contribution is -0.135. The van der Waals surface area contributed by atoms with Gasteiger partial charge in [0.05, 0.1) is 6.04 Å². The molecule has 2 bridgehead atoms. The highest BCUT2D eigenvalue weighted by Gasteiger charge is 2.40. The molecule has 0 radical (unpaired) electrons. The number of sulfonamides is 1. The maximum atomic E-state index is 12.9. The standard InChI is InChI=1S/C15H24N4O4S.ClH/c1-9-14(11(3)23-17-9)24(21,22)18-10(2)15(20)19-12-4-5-13(19)8-16-7-6-12;/h10,12-13,16,18H,4-8H2,1-3H3;1H. The molecule has 3 heterocycles. The molecule has 2 fully saturated rings. The van der Waals surface area contributed by atoms with E-state index in [0.29, 0.717) is 5.69 Å². The summed E-state index contributed by atoms with van der Waals surface area (Å²) in [5.41, 5.74) is 0.290. The molecule has 0 aromatic carbocycles. The van der Waals surface area contributed by atoms with Gasteiger partial charge in [-0.2, -0.15) is 4.72 Å². The van der Waals surface area contributed by atoms with Gasteiger partial charge in [0.2, 0.25) is 15.9 Å². The van der Waals surface area contributed by atoms with Crippen LogP contribution in [0.1, 0.15) is 37.6 Å². The number of amides is 1. The highest BCUT2D eigenvalue weighted by Crippen LogP contribution is 2.29. The van der Waals surface area contributed by atoms with Crippen molar-refractivity contribution in [2.24, 2.45) is 0 Å². The second-order valence-corrected chi connectivity index (χ2v) is 8.27. The first kappa shape index (κ1) is 20.2. The summed E-state index contributed by atoms with van der Waals surface area (Å²) in [6, 6.07) is -0.482. The Balaban J connectivity index is 0.00000225. The molecule has 0 saturated carbocycles. The molecule has 3 atom stereocenters. The molecule has 8 nitrogen and oxygen atoms in total. The van der Waals surface area contributed by atoms with Crippen LogP contribution >= 0.6 is 12.4 Å². The molecule has 1 aromatic rings. The number of aromatic nitrogens is 1. The van der Waals surface area contributed by atoms with Gasteiger partial charge < -0.3 is 14.7 Å². The average molecular weight is 393 g/mol. The molecule has 2 aliphatic rings. The maximum Gasteiger partial charge on any atom is 0.246 e. The van der Waals surface area contributed by atoms with Crippen LogP contribution in [0.2, 0.25) is 0 Å². The van der Waals surface area contributed by atoms with Crippen molar-refractivity contribution in [3.05, 3.63) is 11.5 Å². The highest BCUT2D eigenvalue weighted by atomic mass is 35.5. The lowest BCUT2D eigenvalue weighted by Crippen LogP contribution is -2.51. The number of nitrogens with zero attached hydrogens (tertiary/aromatic N) is 2. The first-order valence-corrected chi connectivity index (χ1v) is 9.77. The van der Waals surface area contributed by atoms with Gasteiger partial charge in [0.15, 0.2) is 5.76 Å². The van der Waals surface area contributed by atoms with E-state index < -0.39 is 16.1 Å². The molecule has 142 valence electrons. The molecule has 2 aliphatic heterocycles. The molecular weight excluding hydrogens is 368 g/mol. The molecule has 1 aromatic heterocycles. The Morgan fingerprint density at radius 3 is 2.64 bits per heavy atom. The van der Waals surface area contributed by atoms with Crippen molar-refractivity contribution in [2.45, 2.75) is 63.1 Å². The van der Waals surface area contributed by atoms with Gasteiger partial charge in [-0.05, 0) is 46.6 Å². The first-order chi connectivity index (χ1) is 11.3. The molecule has 0 spiro atoms. The SMILES string of the molecule is Cc1noc(C)c1S(=O)(=O)NC(C)C(=O)N1C2CCNCC1CC2.Cl. The zero-order chi connectivity index (χ0) is 17.5. The zero-order valence-electron chi connectivity index (χ0n) is 14.6. The number of nitrogens with one attached hydrogen (secondary N) is 2. The maximum absolute atomic E-state index is 12.9. The Bertz CT molecular complexity index is 702. The van der Waals surface area contributed by atoms with Crippen LogP contribution in [-0.2, 0) is 14.8 Å². The lowest BCUT2D eigenvalue weighted by Gasteiger charge is -2.30. The third-order valence-electron chi connectivity index (χ3n) is 4.85. The predicted octanol–water partition coefficient (Wildman–Crippen LogP) is 0.733. The van der Waals surface area contributed by atoms with Crippen LogP contribution < -0.4 is 10.0 Å². The summed E-state index contributed by atoms with van der Waals surface area (Å²) in [7, 11) is -3.85. The van der Waals surface area contributed by atoms with Crippen molar-refractivity contribution >= 4 is 28.3 Å². The monoisotopic (exact) mass is 392 g/mol. The fourth-order valence-corrected chi connectivity index (χ4v) is 5.29. The number of rotatable bonds is 4. The third kappa shape index (κ3) is 3.84. The Hall–Kier alpha value is -1.16. The summed E-state index contributed by atoms with van der Waals surface area (Å²) < 4.78 is 32.6. The van der Waals surface area contributed by atoms with Crippen molar-refractivity contribution in [3.63, 3.8) is 0 Å². The second kappa shape index (κ2) is 7.61. The molecule has 25 heavy (non-hydrogen) atoms. The fraction of sp³-hybridized carbons (Fsp3) is 0.733. The lowest BCUT2D eigenvalue weighted by atomic mass is 10.1. The molecule has 3 unspecified atom stereocenters. The van der Waals surface area contributed by atoms with Crippen LogP contribution in [0.15, 0.2) is 9.42 Å². The summed E-state index contributed by atoms with van der Waals surface area (Å²) in [6.45, 7) is 6.37. The number of aryl methyl sites for hydroxylation is 2. The van der Waals surface area contributed by atoms with E-state index in [9.17, 15) is 13.2 Å². The summed E-state index contributed by atoms with van der Waals surface area (Å²) in [5.74, 6) is 0.0558. The fourth-order valence-electron chi connectivity index (χ4n) is 3.77. The van der Waals surface area contributed by atoms with E-state index in [0.717, 1.165) is 32.4 Å². The van der Waals surface area contributed by atoms with Crippen molar-refractivity contribution in [1.82, 2.24) is 20.1 Å². The van der Waals surface area contributed by atoms with Crippen LogP contribution in [0, 0.1) is 13.8 Å². The molecule has 2 saturated heterocycles. The molecule has 10 heteroatoms. The van der Waals surface area contributed by atoms with E-state index >= 15 is 0 Å². The number of hydrogen-bond donors (Lipinski definition) is 2. The van der Waals surface area contributed by atoms with Gasteiger partial charge in [-0.1, -0.05) is 5.16 Å². The smallest absolute Gasteiger partial charge is 0.246 e. The van der Waals surface area contributed by atoms with E-state index in [4.69, 9.17) is 4.52 Å². The topological polar surface area (TPSA) is 105 Å². The number of halogens is 1. The Labute approximate surface area is 154 Å². The van der Waals surface area contributed by atoms with Gasteiger partial charge in [0.25, 0.3) is 0 Å². The molecule has 2 N–H and O–H groups in total. The third-order valence-corrected chi connectivity index (χ3v) is 6.63. The zero-order valence-corrected chi connectivity index (χ0v) is 16.2. The van der Waals surface area contributed by atoms with E-state index in [1.165, 1.54) is 0 Å². The highest BCUT2D eigenvalue weighted by molar-refractivity contribution is 7.89. The van der Waals surface area contributed by atoms with Gasteiger partial charge >= 0.3 is 0 Å². The largest absolute Gasteiger partial charge is 0.360 e. The summed E-state index contributed by atoms with van der Waals surface area (Å²) in [5, 5.41) is 7.01. The van der Waals surface area contributed by atoms with Gasteiger partial charge in [-0.3, -0.25) is 4.79 Å². The second-order valence-electron chi connectivity index (χ2n) is 6.62. The first-order valence-electron chi connectivity index (χ1n) is 8.29. The van der Waals surface area contributed by atoms with E-state index in [-0.39, 0.29) is 41.1 Å². The van der Waals surface area contributed by atoms with Gasteiger partial charge in [-0.25, -0.2) is 8.42 Å². The average Bonchev–Trinajstić information content (AvgIpc) is 2.96. The molecule has 1 amide bonds. The van der Waals surface area contributed by atoms with Gasteiger partial charge in [0, 0.05) is 18.6 Å². The van der Waals surface area contributed by atoms with Crippen molar-refractivity contribution < 1.29 is 17.7 Å². The van der Waals surface area contributed by atoms with Crippen LogP contribution in [0.3, 0.4) is 0 Å². The minimum absolute atomic E-state index is 0. The van der Waals surface area contributed by atoms with E-state index in [1.807, 2.05) is 4.90 Å². The van der Waals surface area contributed by atoms with Crippen LogP contribution in [0.5, 0.6) is 0 Å². The predicted molar refractivity (Wildman–Crippen MR) is 94.2 cm³/mol. The Morgan fingerprint density at radius 2 is 2.00 bits per heavy atom. The summed E-state index contributed by atoms with van der Waals surface area (Å²) in [6.07, 6.45) is 2.86. The number of hydrogen-bond acceptors (Lipinski definition) is 6. The van der Waals surface area contributed by atoms with Crippen molar-refractivity contribution in [3.8, 4) is 0 Å². The van der Waals surface area contributed by atoms with Crippen molar-refractivity contribution in [2.75, 3.05) is 13.1 Å². The minimum Gasteiger partial charge on any atom is -0.360 e. The Kier molecular flexibility index (Phi) is 6.13. The number of carbonyl (C=O) groups is 1. The van der Waals surface area contributed by atoms with Crippen LogP contribution in [0.25, 0.3) is 0 Å². The summed E-state index contributed by atoms with van der Waals surface area (Å²) in [4.78, 5) is 14.8. The quantitative estimate of drug-likeness (QED) is 0.782. The van der Waals surface area contributed by atoms with Gasteiger partial charge in [-0.15, -0.1) is 12.4 Å². The molecular formula is C15H25ClN4O4S.